The minimum Gasteiger partial charge on any atom is -0.480 e. The van der Waals surface area contributed by atoms with Crippen LogP contribution in [0.1, 0.15) is 200 Å². The molecule has 752 valence electrons. The lowest BCUT2D eigenvalue weighted by molar-refractivity contribution is -0.139. The monoisotopic (exact) mass is 1960 g/mol. The van der Waals surface area contributed by atoms with Gasteiger partial charge in [0, 0.05) is 180 Å². The van der Waals surface area contributed by atoms with Crippen molar-refractivity contribution in [2.24, 2.45) is 5.73 Å². The molecule has 8 aliphatic rings. The van der Waals surface area contributed by atoms with Crippen LogP contribution in [0.15, 0.2) is 146 Å². The summed E-state index contributed by atoms with van der Waals surface area (Å²) in [4.78, 5) is 162. The number of carboxylic acids is 1. The van der Waals surface area contributed by atoms with Crippen LogP contribution in [0.25, 0.3) is 21.8 Å². The molecule has 10 aromatic rings. The number of amides is 11. The van der Waals surface area contributed by atoms with Crippen LogP contribution in [0.2, 0.25) is 0 Å². The number of aromatic amines is 2. The van der Waals surface area contributed by atoms with E-state index in [0.717, 1.165) is 134 Å². The molecule has 14 N–H and O–H groups in total. The van der Waals surface area contributed by atoms with Crippen molar-refractivity contribution >= 4 is 139 Å². The Labute approximate surface area is 822 Å². The number of hydrogen-bond donors (Lipinski definition) is 13. The van der Waals surface area contributed by atoms with Gasteiger partial charge in [-0.1, -0.05) is 62.8 Å². The molecule has 143 heavy (non-hydrogen) atoms. The molecule has 6 saturated heterocycles. The lowest BCUT2D eigenvalue weighted by Gasteiger charge is -2.36. The summed E-state index contributed by atoms with van der Waals surface area (Å²) in [6, 6.07) is 37.9. The summed E-state index contributed by atoms with van der Waals surface area (Å²) < 4.78 is 66.4. The Hall–Kier alpha value is -14.5. The van der Waals surface area contributed by atoms with Gasteiger partial charge in [0.25, 0.3) is 35.4 Å². The quantitative estimate of drug-likeness (QED) is 0.00977. The lowest BCUT2D eigenvalue weighted by atomic mass is 10.0. The van der Waals surface area contributed by atoms with Crippen LogP contribution in [-0.2, 0) is 51.1 Å². The number of piperidine rings is 2. The van der Waals surface area contributed by atoms with Gasteiger partial charge >= 0.3 is 5.97 Å². The van der Waals surface area contributed by atoms with Gasteiger partial charge < -0.3 is 67.3 Å². The normalized spacial score (nSPS) is 17.5. The number of carbonyl (C=O) groups excluding carboxylic acids is 11. The van der Waals surface area contributed by atoms with E-state index in [4.69, 9.17) is 20.3 Å². The van der Waals surface area contributed by atoms with E-state index in [9.17, 15) is 75.1 Å². The molecule has 10 heterocycles. The Bertz CT molecular complexity index is 6350. The summed E-state index contributed by atoms with van der Waals surface area (Å²) in [5.41, 5.74) is 16.0. The molecular weight excluding hydrogens is 1850 g/mol. The number of nitrogens with zero attached hydrogens (tertiary/aromatic N) is 8. The number of carbonyl (C=O) groups is 12. The van der Waals surface area contributed by atoms with Crippen LogP contribution >= 0.6 is 0 Å². The highest BCUT2D eigenvalue weighted by Gasteiger charge is 2.48. The van der Waals surface area contributed by atoms with Crippen molar-refractivity contribution in [2.75, 3.05) is 160 Å². The number of H-pyrrole nitrogens is 2. The van der Waals surface area contributed by atoms with Crippen molar-refractivity contribution in [3.8, 4) is 0 Å². The lowest BCUT2D eigenvalue weighted by Crippen LogP contribution is -2.54. The summed E-state index contributed by atoms with van der Waals surface area (Å²) in [5.74, 6) is -7.42. The SMILES string of the molecule is NCCCCCCCNc1cccc2c1C(=O)N(C1CCC(=O)NC1=O)C2=O.O=C(CN1CCN(c2ccc(C(=O)Nc3n[nH]c4ccc(Cc5cc(F)cc(F)c5)cc34)c(NC3CCOCC3)c2)CC1)NCCCCCCCNc1cccc2c1C(=O)N(C1CCC(=O)NC1=O)C2=O.O=C(O)CN1CCN(c2ccc(C(=O)Nc3n[nH]c4ccc(Cc5cc(F)cc(F)c5)cc34)c(NC3CCOCC3)c2)CC1. The van der Waals surface area contributed by atoms with E-state index in [2.05, 4.69) is 82.9 Å². The van der Waals surface area contributed by atoms with Gasteiger partial charge in [-0.2, -0.15) is 10.2 Å². The Balaban J connectivity index is 0.000000172. The molecule has 11 amide bonds. The first-order valence-electron chi connectivity index (χ1n) is 49.1. The van der Waals surface area contributed by atoms with E-state index in [0.29, 0.717) is 214 Å². The highest BCUT2D eigenvalue weighted by atomic mass is 19.1. The van der Waals surface area contributed by atoms with Crippen LogP contribution in [-0.4, -0.2) is 258 Å². The predicted octanol–water partition coefficient (Wildman–Crippen LogP) is 11.9. The van der Waals surface area contributed by atoms with Crippen LogP contribution in [0.4, 0.5) is 63.3 Å². The number of anilines is 8. The molecule has 0 saturated carbocycles. The van der Waals surface area contributed by atoms with E-state index in [1.165, 1.54) is 24.3 Å². The van der Waals surface area contributed by atoms with Gasteiger partial charge in [0.1, 0.15) is 35.4 Å². The molecule has 18 rings (SSSR count). The van der Waals surface area contributed by atoms with Gasteiger partial charge in [-0.25, -0.2) is 17.6 Å². The average molecular weight is 1960 g/mol. The van der Waals surface area contributed by atoms with E-state index in [1.807, 2.05) is 71.6 Å². The van der Waals surface area contributed by atoms with Crippen molar-refractivity contribution in [3.63, 3.8) is 0 Å². The molecule has 35 nitrogen and oxygen atoms in total. The fourth-order valence-electron chi connectivity index (χ4n) is 19.4. The number of rotatable bonds is 37. The number of unbranched alkanes of at least 4 members (excludes halogenated alkanes) is 8. The summed E-state index contributed by atoms with van der Waals surface area (Å²) in [6.07, 6.45) is 14.1. The molecule has 0 spiro atoms. The third kappa shape index (κ3) is 25.9. The minimum atomic E-state index is -1.01. The third-order valence-corrected chi connectivity index (χ3v) is 26.9. The van der Waals surface area contributed by atoms with Gasteiger partial charge in [-0.05, 0) is 215 Å². The second kappa shape index (κ2) is 47.8. The van der Waals surface area contributed by atoms with E-state index < -0.39 is 82.7 Å². The molecule has 8 aliphatic heterocycles. The molecule has 0 bridgehead atoms. The smallest absolute Gasteiger partial charge is 0.317 e. The standard InChI is InChI=1S/C52H58F2N10O7.C32H34F2N6O4.C20H26N4O4/c53-34-26-33(27-35(54)29-34)25-32-9-12-41-40(28-32)48(61-60-41)59-49(67)38-11-10-37(30-43(38)57-36-15-23-71-24-16-36)63-21-19-62(20-22-63)31-46(66)56-18-5-3-1-2-4-17-55-42-8-6-7-39-47(42)52(70)64(51(39)69)44-13-14-45(65)58-50(44)68;33-22-14-21(15-23(34)17-22)13-20-1-4-28-27(16-20)31(38-37-28)36-32(43)26-3-2-25(18-29(26)35-24-5-11-44-12-6-24)40-9-7-39(8-10-40)19-30(41)42;21-11-4-2-1-3-5-12-22-14-8-6-7-13-17(14)20(28)24(19(13)27)15-9-10-16(25)23-18(15)26/h6-12,26-30,36,44,55,57H,1-5,13-25,31H2,(H,56,66)(H,58,65,68)(H2,59,60,61,67);1-4,14-18,24,35H,5-13,19H2,(H,41,42)(H2,36,37,38,43);6-8,15,22H,1-5,9-12,21H2,(H,23,25,26). The molecule has 0 radical (unpaired) electrons. The number of piperazine rings is 2. The Morgan fingerprint density at radius 3 is 1.24 bits per heavy atom. The van der Waals surface area contributed by atoms with Crippen molar-refractivity contribution in [1.29, 1.82) is 0 Å². The summed E-state index contributed by atoms with van der Waals surface area (Å²) in [5, 5.41) is 52.3. The number of carboxylic acid groups (broad SMARTS) is 1. The number of halogens is 4. The van der Waals surface area contributed by atoms with Crippen molar-refractivity contribution in [2.45, 2.75) is 153 Å². The second-order valence-electron chi connectivity index (χ2n) is 37.0. The number of benzene rings is 8. The summed E-state index contributed by atoms with van der Waals surface area (Å²) >= 11 is 0. The number of nitrogens with two attached hydrogens (primary N) is 1. The topological polar surface area (TPSA) is 455 Å². The molecule has 2 unspecified atom stereocenters. The number of imide groups is 4. The molecule has 2 atom stereocenters. The Kier molecular flexibility index (Phi) is 33.9. The molecule has 39 heteroatoms. The Morgan fingerprint density at radius 2 is 0.832 bits per heavy atom. The Morgan fingerprint density at radius 1 is 0.427 bits per heavy atom. The largest absolute Gasteiger partial charge is 0.480 e. The zero-order chi connectivity index (χ0) is 100. The van der Waals surface area contributed by atoms with Crippen LogP contribution in [0.3, 0.4) is 0 Å². The molecule has 8 aromatic carbocycles. The molecule has 6 fully saturated rings. The van der Waals surface area contributed by atoms with Crippen LogP contribution in [0.5, 0.6) is 0 Å². The number of ether oxygens (including phenoxy) is 2. The highest BCUT2D eigenvalue weighted by molar-refractivity contribution is 6.27. The third-order valence-electron chi connectivity index (χ3n) is 26.9. The van der Waals surface area contributed by atoms with Gasteiger partial charge in [0.2, 0.25) is 29.5 Å². The van der Waals surface area contributed by atoms with E-state index in [1.54, 1.807) is 42.5 Å². The van der Waals surface area contributed by atoms with Crippen molar-refractivity contribution in [1.82, 2.24) is 55.9 Å². The minimum absolute atomic E-state index is 0.0107. The zero-order valence-electron chi connectivity index (χ0n) is 79.4. The van der Waals surface area contributed by atoms with Crippen molar-refractivity contribution < 1.29 is 89.7 Å². The first kappa shape index (κ1) is 101. The molecular formula is C104H118F4N20O15. The van der Waals surface area contributed by atoms with Crippen molar-refractivity contribution in [3.05, 3.63) is 224 Å². The number of aromatic nitrogens is 4. The maximum Gasteiger partial charge on any atom is 0.317 e. The van der Waals surface area contributed by atoms with E-state index in [-0.39, 0.29) is 79.1 Å². The van der Waals surface area contributed by atoms with Gasteiger partial charge in [-0.3, -0.25) is 98.0 Å². The number of hydrogen-bond acceptors (Lipinski definition) is 25. The molecule has 2 aromatic heterocycles. The highest BCUT2D eigenvalue weighted by Crippen LogP contribution is 2.38. The first-order chi connectivity index (χ1) is 69.3. The van der Waals surface area contributed by atoms with Gasteiger partial charge in [0.15, 0.2) is 11.6 Å². The van der Waals surface area contributed by atoms with Gasteiger partial charge in [-0.15, -0.1) is 0 Å². The van der Waals surface area contributed by atoms with Gasteiger partial charge in [0.05, 0.1) is 57.5 Å². The zero-order valence-corrected chi connectivity index (χ0v) is 79.4. The fraction of sp³-hybridized carbons (Fsp3) is 0.404. The molecule has 0 aliphatic carbocycles. The average Bonchev–Trinajstić information content (AvgIpc) is 1.60. The number of aliphatic carboxylic acids is 1. The fourth-order valence-corrected chi connectivity index (χ4v) is 19.4. The number of nitrogens with one attached hydrogen (secondary N) is 11. The second-order valence-corrected chi connectivity index (χ2v) is 37.0. The predicted molar refractivity (Wildman–Crippen MR) is 531 cm³/mol. The maximum absolute atomic E-state index is 14.0. The van der Waals surface area contributed by atoms with E-state index >= 15 is 0 Å². The summed E-state index contributed by atoms with van der Waals surface area (Å²) in [7, 11) is 0. The van der Waals surface area contributed by atoms with Crippen LogP contribution < -0.4 is 63.4 Å². The number of fused-ring (bicyclic) bond motifs is 4. The first-order valence-corrected chi connectivity index (χ1v) is 49.1. The summed E-state index contributed by atoms with van der Waals surface area (Å²) in [6.45, 7) is 10.9. The maximum atomic E-state index is 14.0. The van der Waals surface area contributed by atoms with Crippen LogP contribution in [0, 0.1) is 23.3 Å².